The van der Waals surface area contributed by atoms with E-state index in [1.165, 1.54) is 0 Å². The molecule has 0 aromatic heterocycles. The predicted octanol–water partition coefficient (Wildman–Crippen LogP) is 7.71. The van der Waals surface area contributed by atoms with E-state index in [4.69, 9.17) is 46.4 Å². The fraction of sp³-hybridized carbons (Fsp3) is 0.0909. The Kier molecular flexibility index (Phi) is 7.04. The van der Waals surface area contributed by atoms with Crippen LogP contribution in [0, 0.1) is 13.8 Å². The van der Waals surface area contributed by atoms with E-state index in [0.29, 0.717) is 5.30 Å². The van der Waals surface area contributed by atoms with Crippen LogP contribution in [0.3, 0.4) is 0 Å². The maximum absolute atomic E-state index is 13.6. The number of rotatable bonds is 5. The SMILES string of the molecule is Cc1ccc(C)c(P(C(=O)c2c(Cl)cccc2Cl)C(=O)c2c(Cl)cccc2Cl)c1. The minimum atomic E-state index is -2.05. The lowest BCUT2D eigenvalue weighted by molar-refractivity contribution is 0.105. The molecule has 0 aliphatic heterocycles. The molecule has 148 valence electrons. The van der Waals surface area contributed by atoms with Gasteiger partial charge in [0.15, 0.2) is 11.0 Å². The van der Waals surface area contributed by atoms with Crippen molar-refractivity contribution in [3.8, 4) is 0 Å². The average molecular weight is 484 g/mol. The zero-order valence-electron chi connectivity index (χ0n) is 15.5. The van der Waals surface area contributed by atoms with Crippen LogP contribution in [0.25, 0.3) is 0 Å². The van der Waals surface area contributed by atoms with Crippen LogP contribution in [0.4, 0.5) is 0 Å². The Bertz CT molecular complexity index is 1020. The third kappa shape index (κ3) is 4.53. The lowest BCUT2D eigenvalue weighted by Crippen LogP contribution is -2.20. The summed E-state index contributed by atoms with van der Waals surface area (Å²) in [6, 6.07) is 15.2. The first-order chi connectivity index (χ1) is 13.7. The van der Waals surface area contributed by atoms with Crippen LogP contribution in [0.15, 0.2) is 54.6 Å². The number of hydrogen-bond donors (Lipinski definition) is 0. The van der Waals surface area contributed by atoms with Crippen molar-refractivity contribution in [2.75, 3.05) is 0 Å². The number of aryl methyl sites for hydroxylation is 2. The molecule has 0 aliphatic rings. The molecular weight excluding hydrogens is 469 g/mol. The van der Waals surface area contributed by atoms with Gasteiger partial charge in [-0.2, -0.15) is 0 Å². The molecule has 7 heteroatoms. The van der Waals surface area contributed by atoms with E-state index in [-0.39, 0.29) is 31.2 Å². The normalized spacial score (nSPS) is 11.0. The van der Waals surface area contributed by atoms with Crippen molar-refractivity contribution < 1.29 is 9.59 Å². The van der Waals surface area contributed by atoms with E-state index in [0.717, 1.165) is 11.1 Å². The predicted molar refractivity (Wildman–Crippen MR) is 124 cm³/mol. The molecule has 0 atom stereocenters. The Morgan fingerprint density at radius 2 is 1.10 bits per heavy atom. The molecule has 0 spiro atoms. The van der Waals surface area contributed by atoms with Crippen molar-refractivity contribution in [2.45, 2.75) is 13.8 Å². The van der Waals surface area contributed by atoms with Crippen LogP contribution in [0.5, 0.6) is 0 Å². The molecule has 0 amide bonds. The second-order valence-electron chi connectivity index (χ2n) is 6.43. The number of benzene rings is 3. The van der Waals surface area contributed by atoms with Gasteiger partial charge in [0, 0.05) is 0 Å². The van der Waals surface area contributed by atoms with E-state index < -0.39 is 19.0 Å². The summed E-state index contributed by atoms with van der Waals surface area (Å²) >= 11 is 25.1. The molecule has 0 N–H and O–H groups in total. The standard InChI is InChI=1S/C22H15Cl4O2P/c1-12-9-10-13(2)18(11-12)29(21(27)19-14(23)5-3-6-15(19)24)22(28)20-16(25)7-4-8-17(20)26/h3-11H,1-2H3. The molecule has 0 fully saturated rings. The lowest BCUT2D eigenvalue weighted by Gasteiger charge is -2.20. The van der Waals surface area contributed by atoms with Crippen molar-refractivity contribution in [1.29, 1.82) is 0 Å². The monoisotopic (exact) mass is 482 g/mol. The summed E-state index contributed by atoms with van der Waals surface area (Å²) in [6.07, 6.45) is 0. The maximum Gasteiger partial charge on any atom is 0.199 e. The summed E-state index contributed by atoms with van der Waals surface area (Å²) in [5.74, 6) is 0. The van der Waals surface area contributed by atoms with Crippen LogP contribution >= 0.6 is 54.3 Å². The minimum absolute atomic E-state index is 0.124. The third-order valence-electron chi connectivity index (χ3n) is 4.36. The quantitative estimate of drug-likeness (QED) is 0.348. The summed E-state index contributed by atoms with van der Waals surface area (Å²) in [6.45, 7) is 3.75. The molecule has 0 radical (unpaired) electrons. The molecule has 0 heterocycles. The second-order valence-corrected chi connectivity index (χ2v) is 10.0. The minimum Gasteiger partial charge on any atom is -0.288 e. The molecule has 3 rings (SSSR count). The van der Waals surface area contributed by atoms with Gasteiger partial charge in [-0.25, -0.2) is 0 Å². The highest BCUT2D eigenvalue weighted by atomic mass is 35.5. The van der Waals surface area contributed by atoms with Gasteiger partial charge < -0.3 is 0 Å². The number of carbonyl (C=O) groups is 2. The van der Waals surface area contributed by atoms with Gasteiger partial charge >= 0.3 is 0 Å². The molecule has 3 aromatic carbocycles. The fourth-order valence-corrected chi connectivity index (χ4v) is 6.61. The summed E-state index contributed by atoms with van der Waals surface area (Å²) < 4.78 is 0. The molecule has 3 aromatic rings. The second kappa shape index (κ2) is 9.16. The maximum atomic E-state index is 13.6. The largest absolute Gasteiger partial charge is 0.288 e. The number of hydrogen-bond acceptors (Lipinski definition) is 2. The fourth-order valence-electron chi connectivity index (χ4n) is 2.90. The first-order valence-corrected chi connectivity index (χ1v) is 11.4. The molecule has 0 saturated carbocycles. The van der Waals surface area contributed by atoms with E-state index in [1.807, 2.05) is 32.0 Å². The third-order valence-corrected chi connectivity index (χ3v) is 7.85. The van der Waals surface area contributed by atoms with Crippen LogP contribution in [0.2, 0.25) is 20.1 Å². The molecule has 0 saturated heterocycles. The lowest BCUT2D eigenvalue weighted by atomic mass is 10.2. The summed E-state index contributed by atoms with van der Waals surface area (Å²) in [5.41, 5.74) is 1.11. The van der Waals surface area contributed by atoms with E-state index >= 15 is 0 Å². The Labute approximate surface area is 190 Å². The smallest absolute Gasteiger partial charge is 0.199 e. The summed E-state index contributed by atoms with van der Waals surface area (Å²) in [7, 11) is -2.05. The molecular formula is C22H15Cl4O2P. The Hall–Kier alpha value is -1.41. The first kappa shape index (κ1) is 22.3. The van der Waals surface area contributed by atoms with Crippen molar-refractivity contribution in [2.24, 2.45) is 0 Å². The summed E-state index contributed by atoms with van der Waals surface area (Å²) in [4.78, 5) is 27.3. The van der Waals surface area contributed by atoms with Gasteiger partial charge in [-0.1, -0.05) is 82.3 Å². The molecule has 0 aliphatic carbocycles. The van der Waals surface area contributed by atoms with Gasteiger partial charge in [-0.15, -0.1) is 0 Å². The summed E-state index contributed by atoms with van der Waals surface area (Å²) in [5, 5.41) is 1.40. The van der Waals surface area contributed by atoms with E-state index in [1.54, 1.807) is 36.4 Å². The van der Waals surface area contributed by atoms with E-state index in [2.05, 4.69) is 0 Å². The molecule has 0 bridgehead atoms. The van der Waals surface area contributed by atoms with Gasteiger partial charge in [-0.3, -0.25) is 9.59 Å². The molecule has 2 nitrogen and oxygen atoms in total. The van der Waals surface area contributed by atoms with Crippen molar-refractivity contribution in [3.63, 3.8) is 0 Å². The van der Waals surface area contributed by atoms with Gasteiger partial charge in [0.05, 0.1) is 39.1 Å². The highest BCUT2D eigenvalue weighted by Gasteiger charge is 2.35. The number of carbonyl (C=O) groups excluding carboxylic acids is 2. The van der Waals surface area contributed by atoms with Gasteiger partial charge in [-0.05, 0) is 49.0 Å². The molecule has 0 unspecified atom stereocenters. The Morgan fingerprint density at radius 1 is 0.690 bits per heavy atom. The van der Waals surface area contributed by atoms with Crippen molar-refractivity contribution >= 4 is 70.7 Å². The first-order valence-electron chi connectivity index (χ1n) is 8.56. The van der Waals surface area contributed by atoms with Gasteiger partial charge in [0.2, 0.25) is 0 Å². The highest BCUT2D eigenvalue weighted by Crippen LogP contribution is 2.48. The highest BCUT2D eigenvalue weighted by molar-refractivity contribution is 7.96. The van der Waals surface area contributed by atoms with Crippen LogP contribution in [-0.2, 0) is 0 Å². The van der Waals surface area contributed by atoms with E-state index in [9.17, 15) is 9.59 Å². The zero-order valence-corrected chi connectivity index (χ0v) is 19.4. The average Bonchev–Trinajstić information content (AvgIpc) is 2.64. The number of halogens is 4. The molecule has 29 heavy (non-hydrogen) atoms. The topological polar surface area (TPSA) is 34.1 Å². The zero-order chi connectivity index (χ0) is 21.3. The van der Waals surface area contributed by atoms with Crippen LogP contribution in [0.1, 0.15) is 31.8 Å². The van der Waals surface area contributed by atoms with Crippen LogP contribution < -0.4 is 5.30 Å². The van der Waals surface area contributed by atoms with Gasteiger partial charge in [0.25, 0.3) is 0 Å². The van der Waals surface area contributed by atoms with Crippen molar-refractivity contribution in [3.05, 3.63) is 96.9 Å². The Balaban J connectivity index is 2.27. The Morgan fingerprint density at radius 3 is 1.52 bits per heavy atom. The van der Waals surface area contributed by atoms with Crippen LogP contribution in [-0.4, -0.2) is 11.0 Å². The van der Waals surface area contributed by atoms with Crippen molar-refractivity contribution in [1.82, 2.24) is 0 Å². The van der Waals surface area contributed by atoms with Gasteiger partial charge in [0.1, 0.15) is 0 Å².